The van der Waals surface area contributed by atoms with Gasteiger partial charge in [-0.2, -0.15) is 0 Å². The van der Waals surface area contributed by atoms with Crippen LogP contribution in [0.2, 0.25) is 5.02 Å². The number of carbonyl (C=O) groups is 2. The summed E-state index contributed by atoms with van der Waals surface area (Å²) in [5, 5.41) is 2.21. The van der Waals surface area contributed by atoms with E-state index >= 15 is 0 Å². The first kappa shape index (κ1) is 21.8. The number of aryl methyl sites for hydroxylation is 1. The van der Waals surface area contributed by atoms with Crippen molar-refractivity contribution in [3.8, 4) is 0 Å². The van der Waals surface area contributed by atoms with Gasteiger partial charge in [-0.1, -0.05) is 48.0 Å². The molecule has 0 saturated heterocycles. The number of hydrogen-bond acceptors (Lipinski definition) is 5. The van der Waals surface area contributed by atoms with Crippen molar-refractivity contribution in [2.24, 2.45) is 0 Å². The summed E-state index contributed by atoms with van der Waals surface area (Å²) in [6.07, 6.45) is 0.537. The molecule has 0 aliphatic carbocycles. The van der Waals surface area contributed by atoms with Crippen molar-refractivity contribution in [3.63, 3.8) is 0 Å². The van der Waals surface area contributed by atoms with Crippen molar-refractivity contribution in [1.29, 1.82) is 0 Å². The predicted octanol–water partition coefficient (Wildman–Crippen LogP) is 3.60. The summed E-state index contributed by atoms with van der Waals surface area (Å²) in [6, 6.07) is 16.4. The topological polar surface area (TPSA) is 104 Å². The Morgan fingerprint density at radius 2 is 1.67 bits per heavy atom. The summed E-state index contributed by atoms with van der Waals surface area (Å²) in [6.45, 7) is 0. The van der Waals surface area contributed by atoms with E-state index in [1.165, 1.54) is 18.2 Å². The molecular formula is C20H18ClN3O4S2. The average Bonchev–Trinajstić information content (AvgIpc) is 3.27. The number of hydrogen-bond donors (Lipinski definition) is 3. The molecule has 0 spiro atoms. The Morgan fingerprint density at radius 1 is 0.933 bits per heavy atom. The molecule has 0 radical (unpaired) electrons. The monoisotopic (exact) mass is 463 g/mol. The Hall–Kier alpha value is -2.88. The van der Waals surface area contributed by atoms with E-state index in [0.717, 1.165) is 16.9 Å². The Morgan fingerprint density at radius 3 is 2.40 bits per heavy atom. The minimum Gasteiger partial charge on any atom is -0.278 e. The summed E-state index contributed by atoms with van der Waals surface area (Å²) in [7, 11) is -3.81. The van der Waals surface area contributed by atoms with Crippen LogP contribution in [0.15, 0.2) is 70.3 Å². The van der Waals surface area contributed by atoms with Crippen LogP contribution in [-0.2, 0) is 21.2 Å². The second kappa shape index (κ2) is 9.75. The number of sulfonamides is 1. The van der Waals surface area contributed by atoms with Crippen LogP contribution in [0.25, 0.3) is 0 Å². The number of carbonyl (C=O) groups excluding carboxylic acids is 2. The molecule has 10 heteroatoms. The molecule has 0 bridgehead atoms. The van der Waals surface area contributed by atoms with Gasteiger partial charge < -0.3 is 0 Å². The standard InChI is InChI=1S/C20H18ClN3O4S2/c21-16-8-3-1-6-14(16)11-12-18(25)22-23-20(26)15-7-2-4-9-17(15)24-30(27,28)19-10-5-13-29-19/h1-10,13,24H,11-12H2,(H,22,25)(H,23,26). The number of rotatable bonds is 7. The van der Waals surface area contributed by atoms with Crippen molar-refractivity contribution in [2.75, 3.05) is 4.72 Å². The number of nitrogens with one attached hydrogen (secondary N) is 3. The lowest BCUT2D eigenvalue weighted by atomic mass is 10.1. The number of anilines is 1. The van der Waals surface area contributed by atoms with Crippen LogP contribution >= 0.6 is 22.9 Å². The van der Waals surface area contributed by atoms with E-state index in [9.17, 15) is 18.0 Å². The average molecular weight is 464 g/mol. The van der Waals surface area contributed by atoms with Crippen LogP contribution in [0, 0.1) is 0 Å². The van der Waals surface area contributed by atoms with Gasteiger partial charge in [-0.05, 0) is 41.6 Å². The van der Waals surface area contributed by atoms with Crippen molar-refractivity contribution in [3.05, 3.63) is 82.2 Å². The van der Waals surface area contributed by atoms with Gasteiger partial charge in [0.1, 0.15) is 4.21 Å². The van der Waals surface area contributed by atoms with Gasteiger partial charge >= 0.3 is 0 Å². The van der Waals surface area contributed by atoms with Gasteiger partial charge in [0.05, 0.1) is 11.3 Å². The SMILES string of the molecule is O=C(CCc1ccccc1Cl)NNC(=O)c1ccccc1NS(=O)(=O)c1cccs1. The van der Waals surface area contributed by atoms with Gasteiger partial charge in [-0.25, -0.2) is 8.42 Å². The Labute approximate surface area is 183 Å². The van der Waals surface area contributed by atoms with Crippen LogP contribution in [0.3, 0.4) is 0 Å². The number of para-hydroxylation sites is 1. The third-order valence-electron chi connectivity index (χ3n) is 4.07. The van der Waals surface area contributed by atoms with E-state index in [1.807, 2.05) is 12.1 Å². The van der Waals surface area contributed by atoms with Crippen LogP contribution in [0.1, 0.15) is 22.3 Å². The summed E-state index contributed by atoms with van der Waals surface area (Å²) in [5.41, 5.74) is 5.64. The molecule has 3 N–H and O–H groups in total. The van der Waals surface area contributed by atoms with Crippen LogP contribution in [0.4, 0.5) is 5.69 Å². The summed E-state index contributed by atoms with van der Waals surface area (Å²) in [5.74, 6) is -1.05. The van der Waals surface area contributed by atoms with Gasteiger partial charge in [0.15, 0.2) is 0 Å². The van der Waals surface area contributed by atoms with Crippen LogP contribution < -0.4 is 15.6 Å². The van der Waals surface area contributed by atoms with Gasteiger partial charge in [-0.3, -0.25) is 25.2 Å². The first-order valence-electron chi connectivity index (χ1n) is 8.85. The highest BCUT2D eigenvalue weighted by Gasteiger charge is 2.19. The lowest BCUT2D eigenvalue weighted by molar-refractivity contribution is -0.121. The highest BCUT2D eigenvalue weighted by atomic mass is 35.5. The third kappa shape index (κ3) is 5.59. The maximum absolute atomic E-state index is 12.5. The molecule has 2 amide bonds. The molecule has 1 heterocycles. The molecule has 0 aliphatic heterocycles. The molecule has 0 unspecified atom stereocenters. The zero-order valence-electron chi connectivity index (χ0n) is 15.6. The Kier molecular flexibility index (Phi) is 7.09. The molecule has 0 atom stereocenters. The normalized spacial score (nSPS) is 11.0. The minimum absolute atomic E-state index is 0.0732. The second-order valence-corrected chi connectivity index (χ2v) is 9.44. The van der Waals surface area contributed by atoms with Crippen molar-refractivity contribution in [2.45, 2.75) is 17.1 Å². The van der Waals surface area contributed by atoms with Crippen LogP contribution in [0.5, 0.6) is 0 Å². The summed E-state index contributed by atoms with van der Waals surface area (Å²) in [4.78, 5) is 24.5. The maximum atomic E-state index is 12.5. The van der Waals surface area contributed by atoms with E-state index < -0.39 is 21.8 Å². The Bertz CT molecular complexity index is 1150. The summed E-state index contributed by atoms with van der Waals surface area (Å²) < 4.78 is 27.4. The van der Waals surface area contributed by atoms with E-state index in [-0.39, 0.29) is 21.9 Å². The van der Waals surface area contributed by atoms with Gasteiger partial charge in [0.2, 0.25) is 5.91 Å². The molecule has 0 saturated carbocycles. The van der Waals surface area contributed by atoms with Gasteiger partial charge in [0, 0.05) is 11.4 Å². The van der Waals surface area contributed by atoms with Crippen molar-refractivity contribution >= 4 is 50.5 Å². The van der Waals surface area contributed by atoms with Crippen LogP contribution in [-0.4, -0.2) is 20.2 Å². The molecule has 7 nitrogen and oxygen atoms in total. The molecule has 0 aliphatic rings. The largest absolute Gasteiger partial charge is 0.278 e. The summed E-state index contributed by atoms with van der Waals surface area (Å²) >= 11 is 7.13. The minimum atomic E-state index is -3.81. The van der Waals surface area contributed by atoms with Crippen molar-refractivity contribution < 1.29 is 18.0 Å². The molecular weight excluding hydrogens is 446 g/mol. The molecule has 1 aromatic heterocycles. The molecule has 2 aromatic carbocycles. The van der Waals surface area contributed by atoms with Gasteiger partial charge in [-0.15, -0.1) is 11.3 Å². The lowest BCUT2D eigenvalue weighted by Gasteiger charge is -2.12. The molecule has 0 fully saturated rings. The fraction of sp³-hybridized carbons (Fsp3) is 0.100. The molecule has 3 aromatic rings. The van der Waals surface area contributed by atoms with E-state index in [2.05, 4.69) is 15.6 Å². The third-order valence-corrected chi connectivity index (χ3v) is 7.20. The second-order valence-electron chi connectivity index (χ2n) is 6.18. The highest BCUT2D eigenvalue weighted by molar-refractivity contribution is 7.94. The fourth-order valence-electron chi connectivity index (χ4n) is 2.59. The highest BCUT2D eigenvalue weighted by Crippen LogP contribution is 2.22. The van der Waals surface area contributed by atoms with E-state index in [4.69, 9.17) is 11.6 Å². The molecule has 30 heavy (non-hydrogen) atoms. The quantitative estimate of drug-likeness (QED) is 0.465. The Balaban J connectivity index is 1.61. The molecule has 156 valence electrons. The smallest absolute Gasteiger partial charge is 0.271 e. The lowest BCUT2D eigenvalue weighted by Crippen LogP contribution is -2.42. The number of halogens is 1. The maximum Gasteiger partial charge on any atom is 0.271 e. The number of amides is 2. The number of benzene rings is 2. The number of thiophene rings is 1. The predicted molar refractivity (Wildman–Crippen MR) is 117 cm³/mol. The number of hydrazine groups is 1. The fourth-order valence-corrected chi connectivity index (χ4v) is 4.89. The van der Waals surface area contributed by atoms with E-state index in [0.29, 0.717) is 11.4 Å². The zero-order valence-corrected chi connectivity index (χ0v) is 18.0. The first-order valence-corrected chi connectivity index (χ1v) is 11.6. The molecule has 3 rings (SSSR count). The van der Waals surface area contributed by atoms with Gasteiger partial charge in [0.25, 0.3) is 15.9 Å². The van der Waals surface area contributed by atoms with Crippen molar-refractivity contribution in [1.82, 2.24) is 10.9 Å². The van der Waals surface area contributed by atoms with E-state index in [1.54, 1.807) is 35.7 Å². The first-order chi connectivity index (χ1) is 14.4. The zero-order chi connectivity index (χ0) is 21.6.